The fourth-order valence-corrected chi connectivity index (χ4v) is 2.40. The minimum atomic E-state index is -0.471. The van der Waals surface area contributed by atoms with Crippen LogP contribution < -0.4 is 4.87 Å². The maximum atomic E-state index is 11.6. The fraction of sp³-hybridized carbons (Fsp3) is 0.100. The van der Waals surface area contributed by atoms with Crippen molar-refractivity contribution in [2.45, 2.75) is 6.54 Å². The summed E-state index contributed by atoms with van der Waals surface area (Å²) in [5, 5.41) is 10.6. The topological polar surface area (TPSA) is 96.6 Å². The lowest BCUT2D eigenvalue weighted by Gasteiger charge is -1.97. The number of nitro groups is 1. The molecule has 2 N–H and O–H groups in total. The highest BCUT2D eigenvalue weighted by atomic mass is 32.1. The van der Waals surface area contributed by atoms with Crippen LogP contribution in [0.2, 0.25) is 0 Å². The number of nitro benzene ring substituents is 1. The van der Waals surface area contributed by atoms with E-state index in [4.69, 9.17) is 0 Å². The number of rotatable bonds is 3. The van der Waals surface area contributed by atoms with Crippen molar-refractivity contribution in [3.63, 3.8) is 0 Å². The molecule has 0 bridgehead atoms. The number of nitrogens with zero attached hydrogens (tertiary/aromatic N) is 2. The van der Waals surface area contributed by atoms with E-state index in [0.29, 0.717) is 16.8 Å². The number of hydrogen-bond donors (Lipinski definition) is 0. The highest BCUT2D eigenvalue weighted by molar-refractivity contribution is 7.16. The second kappa shape index (κ2) is 4.89. The summed E-state index contributed by atoms with van der Waals surface area (Å²) in [5.74, 6) is 0. The summed E-state index contributed by atoms with van der Waals surface area (Å²) < 4.78 is 2.16. The van der Waals surface area contributed by atoms with Gasteiger partial charge < -0.3 is 5.48 Å². The SMILES string of the molecule is C=CCn1c(=O)sc2cc([N+](=O)[O-])ccc21.O. The monoisotopic (exact) mass is 254 g/mol. The molecule has 0 radical (unpaired) electrons. The largest absolute Gasteiger partial charge is 0.412 e. The van der Waals surface area contributed by atoms with E-state index in [0.717, 1.165) is 11.3 Å². The summed E-state index contributed by atoms with van der Waals surface area (Å²) in [6, 6.07) is 4.41. The molecule has 0 saturated carbocycles. The van der Waals surface area contributed by atoms with E-state index >= 15 is 0 Å². The fourth-order valence-electron chi connectivity index (χ4n) is 1.47. The Morgan fingerprint density at radius 2 is 2.24 bits per heavy atom. The van der Waals surface area contributed by atoms with Crippen LogP contribution in [-0.2, 0) is 6.54 Å². The van der Waals surface area contributed by atoms with Gasteiger partial charge >= 0.3 is 4.87 Å². The molecule has 0 aliphatic heterocycles. The summed E-state index contributed by atoms with van der Waals surface area (Å²) in [7, 11) is 0. The van der Waals surface area contributed by atoms with Crippen LogP contribution in [0.4, 0.5) is 5.69 Å². The maximum absolute atomic E-state index is 11.6. The molecule has 2 rings (SSSR count). The van der Waals surface area contributed by atoms with Crippen LogP contribution in [0, 0.1) is 10.1 Å². The maximum Gasteiger partial charge on any atom is 0.308 e. The first-order valence-corrected chi connectivity index (χ1v) is 5.34. The Morgan fingerprint density at radius 3 is 2.82 bits per heavy atom. The predicted octanol–water partition coefficient (Wildman–Crippen LogP) is 1.33. The van der Waals surface area contributed by atoms with Gasteiger partial charge in [-0.2, -0.15) is 0 Å². The normalized spacial score (nSPS) is 9.88. The first kappa shape index (κ1) is 13.1. The van der Waals surface area contributed by atoms with Gasteiger partial charge in [0, 0.05) is 18.7 Å². The Morgan fingerprint density at radius 1 is 1.53 bits per heavy atom. The van der Waals surface area contributed by atoms with Crippen molar-refractivity contribution in [3.8, 4) is 0 Å². The molecule has 1 aromatic heterocycles. The molecular weight excluding hydrogens is 244 g/mol. The second-order valence-electron chi connectivity index (χ2n) is 3.18. The van der Waals surface area contributed by atoms with Gasteiger partial charge in [0.25, 0.3) is 5.69 Å². The van der Waals surface area contributed by atoms with Crippen molar-refractivity contribution in [1.82, 2.24) is 4.57 Å². The zero-order chi connectivity index (χ0) is 11.7. The number of non-ortho nitro benzene ring substituents is 1. The van der Waals surface area contributed by atoms with Gasteiger partial charge in [0.15, 0.2) is 0 Å². The van der Waals surface area contributed by atoms with E-state index in [1.807, 2.05) is 0 Å². The second-order valence-corrected chi connectivity index (χ2v) is 4.17. The molecule has 6 nitrogen and oxygen atoms in total. The molecule has 0 saturated heterocycles. The lowest BCUT2D eigenvalue weighted by Crippen LogP contribution is -2.10. The molecule has 1 heterocycles. The van der Waals surface area contributed by atoms with E-state index < -0.39 is 4.92 Å². The zero-order valence-corrected chi connectivity index (χ0v) is 9.57. The van der Waals surface area contributed by atoms with Gasteiger partial charge in [-0.1, -0.05) is 17.4 Å². The number of allylic oxidation sites excluding steroid dienone is 1. The zero-order valence-electron chi connectivity index (χ0n) is 8.75. The van der Waals surface area contributed by atoms with E-state index in [1.54, 1.807) is 12.1 Å². The van der Waals surface area contributed by atoms with Gasteiger partial charge in [-0.15, -0.1) is 6.58 Å². The van der Waals surface area contributed by atoms with Gasteiger partial charge in [-0.25, -0.2) is 0 Å². The average molecular weight is 254 g/mol. The molecule has 0 atom stereocenters. The highest BCUT2D eigenvalue weighted by Crippen LogP contribution is 2.22. The van der Waals surface area contributed by atoms with E-state index in [1.165, 1.54) is 16.7 Å². The quantitative estimate of drug-likeness (QED) is 0.469. The van der Waals surface area contributed by atoms with Crippen molar-refractivity contribution >= 4 is 27.2 Å². The Labute approximate surface area is 99.9 Å². The molecule has 1 aromatic carbocycles. The summed E-state index contributed by atoms with van der Waals surface area (Å²) in [4.78, 5) is 21.5. The Kier molecular flexibility index (Phi) is 3.77. The summed E-state index contributed by atoms with van der Waals surface area (Å²) in [5.41, 5.74) is 0.708. The van der Waals surface area contributed by atoms with E-state index in [9.17, 15) is 14.9 Å². The molecule has 7 heteroatoms. The third kappa shape index (κ3) is 2.24. The van der Waals surface area contributed by atoms with Crippen molar-refractivity contribution in [3.05, 3.63) is 50.6 Å². The number of fused-ring (bicyclic) bond motifs is 1. The summed E-state index contributed by atoms with van der Waals surface area (Å²) in [6.07, 6.45) is 1.62. The molecule has 0 fully saturated rings. The lowest BCUT2D eigenvalue weighted by molar-refractivity contribution is -0.384. The molecule has 90 valence electrons. The first-order chi connectivity index (χ1) is 7.63. The van der Waals surface area contributed by atoms with Crippen molar-refractivity contribution in [1.29, 1.82) is 0 Å². The molecule has 0 unspecified atom stereocenters. The third-order valence-electron chi connectivity index (χ3n) is 2.17. The average Bonchev–Trinajstić information content (AvgIpc) is 2.55. The van der Waals surface area contributed by atoms with Gasteiger partial charge in [-0.3, -0.25) is 19.5 Å². The van der Waals surface area contributed by atoms with Crippen molar-refractivity contribution in [2.24, 2.45) is 0 Å². The van der Waals surface area contributed by atoms with E-state index in [2.05, 4.69) is 6.58 Å². The third-order valence-corrected chi connectivity index (χ3v) is 3.12. The van der Waals surface area contributed by atoms with E-state index in [-0.39, 0.29) is 16.0 Å². The van der Waals surface area contributed by atoms with Crippen LogP contribution in [0.3, 0.4) is 0 Å². The van der Waals surface area contributed by atoms with Gasteiger partial charge in [-0.05, 0) is 6.07 Å². The standard InChI is InChI=1S/C10H8N2O3S.H2O/c1-2-5-11-8-4-3-7(12(14)15)6-9(8)16-10(11)13;/h2-4,6H,1,5H2;1H2. The first-order valence-electron chi connectivity index (χ1n) is 4.52. The molecule has 0 aliphatic carbocycles. The predicted molar refractivity (Wildman–Crippen MR) is 66.6 cm³/mol. The van der Waals surface area contributed by atoms with Crippen LogP contribution in [0.1, 0.15) is 0 Å². The molecule has 0 spiro atoms. The van der Waals surface area contributed by atoms with Crippen LogP contribution in [0.5, 0.6) is 0 Å². The van der Waals surface area contributed by atoms with Gasteiger partial charge in [0.05, 0.1) is 15.1 Å². The minimum absolute atomic E-state index is 0. The Bertz CT molecular complexity index is 629. The summed E-state index contributed by atoms with van der Waals surface area (Å²) in [6.45, 7) is 3.98. The number of aromatic nitrogens is 1. The van der Waals surface area contributed by atoms with Crippen LogP contribution >= 0.6 is 11.3 Å². The Balaban J connectivity index is 0.00000144. The molecule has 0 amide bonds. The molecule has 17 heavy (non-hydrogen) atoms. The lowest BCUT2D eigenvalue weighted by atomic mass is 10.3. The molecule has 0 aliphatic rings. The number of hydrogen-bond acceptors (Lipinski definition) is 4. The molecule has 2 aromatic rings. The number of thiazole rings is 1. The van der Waals surface area contributed by atoms with Crippen LogP contribution in [-0.4, -0.2) is 15.0 Å². The van der Waals surface area contributed by atoms with Crippen LogP contribution in [0.15, 0.2) is 35.6 Å². The summed E-state index contributed by atoms with van der Waals surface area (Å²) >= 11 is 1.01. The molecular formula is C10H10N2O4S. The number of benzene rings is 1. The van der Waals surface area contributed by atoms with Gasteiger partial charge in [0.1, 0.15) is 0 Å². The smallest absolute Gasteiger partial charge is 0.308 e. The minimum Gasteiger partial charge on any atom is -0.412 e. The Hall–Kier alpha value is -1.99. The van der Waals surface area contributed by atoms with Crippen LogP contribution in [0.25, 0.3) is 10.2 Å². The van der Waals surface area contributed by atoms with Crippen molar-refractivity contribution < 1.29 is 10.4 Å². The van der Waals surface area contributed by atoms with Gasteiger partial charge in [0.2, 0.25) is 0 Å². The van der Waals surface area contributed by atoms with Crippen molar-refractivity contribution in [2.75, 3.05) is 0 Å². The highest BCUT2D eigenvalue weighted by Gasteiger charge is 2.11.